The van der Waals surface area contributed by atoms with Crippen molar-refractivity contribution in [3.8, 4) is 11.4 Å². The van der Waals surface area contributed by atoms with Gasteiger partial charge in [-0.15, -0.1) is 0 Å². The number of hydrogen-bond donors (Lipinski definition) is 1. The minimum Gasteiger partial charge on any atom is -0.311 e. The lowest BCUT2D eigenvalue weighted by atomic mass is 10.1. The van der Waals surface area contributed by atoms with Crippen LogP contribution in [-0.2, 0) is 6.42 Å². The lowest BCUT2D eigenvalue weighted by Gasteiger charge is -2.13. The highest BCUT2D eigenvalue weighted by Gasteiger charge is 2.16. The number of aryl methyl sites for hydroxylation is 2. The van der Waals surface area contributed by atoms with Gasteiger partial charge in [0.25, 0.3) is 5.56 Å². The maximum absolute atomic E-state index is 11.6. The van der Waals surface area contributed by atoms with E-state index in [1.807, 2.05) is 19.1 Å². The number of H-pyrrole nitrogens is 1. The van der Waals surface area contributed by atoms with Crippen molar-refractivity contribution in [2.24, 2.45) is 0 Å². The third-order valence-corrected chi connectivity index (χ3v) is 4.23. The molecule has 1 aromatic carbocycles. The van der Waals surface area contributed by atoms with E-state index in [9.17, 15) is 4.79 Å². The van der Waals surface area contributed by atoms with Crippen molar-refractivity contribution in [1.29, 1.82) is 0 Å². The van der Waals surface area contributed by atoms with Crippen molar-refractivity contribution in [2.75, 3.05) is 0 Å². The molecular weight excluding hydrogens is 326 g/mol. The van der Waals surface area contributed by atoms with Gasteiger partial charge in [-0.25, -0.2) is 4.98 Å². The average molecular weight is 344 g/mol. The van der Waals surface area contributed by atoms with E-state index in [1.54, 1.807) is 17.9 Å². The summed E-state index contributed by atoms with van der Waals surface area (Å²) in [6, 6.07) is 7.32. The molecule has 0 radical (unpaired) electrons. The van der Waals surface area contributed by atoms with Crippen LogP contribution in [0.4, 0.5) is 0 Å². The third-order valence-electron chi connectivity index (χ3n) is 3.90. The van der Waals surface area contributed by atoms with Crippen LogP contribution in [0.3, 0.4) is 0 Å². The van der Waals surface area contributed by atoms with Gasteiger partial charge >= 0.3 is 0 Å². The van der Waals surface area contributed by atoms with Gasteiger partial charge in [0.05, 0.1) is 17.9 Å². The molecule has 0 bridgehead atoms. The van der Waals surface area contributed by atoms with Crippen molar-refractivity contribution < 1.29 is 0 Å². The summed E-state index contributed by atoms with van der Waals surface area (Å²) in [6.45, 7) is 5.80. The number of hydrogen-bond acceptors (Lipinski definition) is 4. The van der Waals surface area contributed by atoms with Crippen LogP contribution in [0.1, 0.15) is 36.8 Å². The largest absolute Gasteiger partial charge is 0.311 e. The Morgan fingerprint density at radius 2 is 2.08 bits per heavy atom. The van der Waals surface area contributed by atoms with E-state index in [0.717, 1.165) is 12.0 Å². The van der Waals surface area contributed by atoms with Gasteiger partial charge in [0.15, 0.2) is 0 Å². The van der Waals surface area contributed by atoms with Gasteiger partial charge in [0, 0.05) is 11.1 Å². The first kappa shape index (κ1) is 16.4. The summed E-state index contributed by atoms with van der Waals surface area (Å²) in [6.07, 6.45) is 2.54. The predicted octanol–water partition coefficient (Wildman–Crippen LogP) is 3.16. The van der Waals surface area contributed by atoms with Crippen molar-refractivity contribution in [2.45, 2.75) is 33.2 Å². The van der Waals surface area contributed by atoms with Gasteiger partial charge in [-0.2, -0.15) is 15.0 Å². The third kappa shape index (κ3) is 3.23. The second kappa shape index (κ2) is 6.57. The quantitative estimate of drug-likeness (QED) is 0.789. The minimum absolute atomic E-state index is 0.125. The zero-order chi connectivity index (χ0) is 17.3. The molecule has 0 spiro atoms. The smallest absolute Gasteiger partial charge is 0.251 e. The lowest BCUT2D eigenvalue weighted by Crippen LogP contribution is -2.12. The second-order valence-corrected chi connectivity index (χ2v) is 6.06. The first-order valence-electron chi connectivity index (χ1n) is 7.76. The molecule has 124 valence electrons. The molecule has 0 unspecified atom stereocenters. The van der Waals surface area contributed by atoms with Gasteiger partial charge in [0.1, 0.15) is 11.5 Å². The molecule has 2 heterocycles. The van der Waals surface area contributed by atoms with Crippen LogP contribution in [0.2, 0.25) is 5.02 Å². The molecule has 1 atom stereocenters. The summed E-state index contributed by atoms with van der Waals surface area (Å²) >= 11 is 6.39. The van der Waals surface area contributed by atoms with Crippen LogP contribution in [0.15, 0.2) is 35.3 Å². The fourth-order valence-electron chi connectivity index (χ4n) is 2.54. The molecule has 0 fully saturated rings. The van der Waals surface area contributed by atoms with E-state index in [2.05, 4.69) is 33.2 Å². The molecule has 0 saturated heterocycles. The molecule has 24 heavy (non-hydrogen) atoms. The molecule has 0 saturated carbocycles. The normalized spacial score (nSPS) is 12.3. The maximum Gasteiger partial charge on any atom is 0.251 e. The van der Waals surface area contributed by atoms with Crippen molar-refractivity contribution in [1.82, 2.24) is 25.0 Å². The van der Waals surface area contributed by atoms with E-state index in [1.165, 1.54) is 11.6 Å². The summed E-state index contributed by atoms with van der Waals surface area (Å²) in [5.74, 6) is 0.540. The summed E-state index contributed by atoms with van der Waals surface area (Å²) in [7, 11) is 0. The summed E-state index contributed by atoms with van der Waals surface area (Å²) in [4.78, 5) is 20.1. The van der Waals surface area contributed by atoms with Crippen LogP contribution in [-0.4, -0.2) is 25.0 Å². The highest BCUT2D eigenvalue weighted by Crippen LogP contribution is 2.26. The second-order valence-electron chi connectivity index (χ2n) is 5.65. The van der Waals surface area contributed by atoms with Crippen LogP contribution in [0.5, 0.6) is 0 Å². The number of nitrogens with one attached hydrogen (secondary N) is 1. The van der Waals surface area contributed by atoms with Gasteiger partial charge in [-0.1, -0.05) is 30.7 Å². The Bertz CT molecular complexity index is 931. The standard InChI is InChI=1S/C17H18ClN5O/c1-4-12-5-6-13(14(18)7-12)10(2)23-19-9-16(22-23)15-8-17(24)21-11(3)20-15/h5-10H,4H2,1-3H3,(H,20,21,24)/t10-/m1/s1. The lowest BCUT2D eigenvalue weighted by molar-refractivity contribution is 0.494. The fraction of sp³-hybridized carbons (Fsp3) is 0.294. The Balaban J connectivity index is 1.94. The molecule has 3 aromatic rings. The van der Waals surface area contributed by atoms with Crippen LogP contribution < -0.4 is 5.56 Å². The molecule has 0 aliphatic heterocycles. The Hall–Kier alpha value is -2.47. The van der Waals surface area contributed by atoms with E-state index in [-0.39, 0.29) is 11.6 Å². The molecule has 7 heteroatoms. The maximum atomic E-state index is 11.6. The van der Waals surface area contributed by atoms with Crippen molar-refractivity contribution in [3.63, 3.8) is 0 Å². The van der Waals surface area contributed by atoms with Gasteiger partial charge in [0.2, 0.25) is 0 Å². The molecule has 0 amide bonds. The van der Waals surface area contributed by atoms with E-state index in [4.69, 9.17) is 11.6 Å². The first-order valence-corrected chi connectivity index (χ1v) is 8.14. The molecule has 0 aliphatic carbocycles. The Labute approximate surface area is 144 Å². The zero-order valence-electron chi connectivity index (χ0n) is 13.7. The van der Waals surface area contributed by atoms with Gasteiger partial charge in [-0.05, 0) is 37.5 Å². The number of benzene rings is 1. The molecule has 3 rings (SSSR count). The van der Waals surface area contributed by atoms with Crippen molar-refractivity contribution >= 4 is 11.6 Å². The predicted molar refractivity (Wildman–Crippen MR) is 93.3 cm³/mol. The average Bonchev–Trinajstić information content (AvgIpc) is 3.03. The Morgan fingerprint density at radius 3 is 2.75 bits per heavy atom. The van der Waals surface area contributed by atoms with Crippen LogP contribution in [0.25, 0.3) is 11.4 Å². The van der Waals surface area contributed by atoms with Gasteiger partial charge in [-0.3, -0.25) is 4.79 Å². The minimum atomic E-state index is -0.210. The van der Waals surface area contributed by atoms with Crippen molar-refractivity contribution in [3.05, 3.63) is 62.8 Å². The fourth-order valence-corrected chi connectivity index (χ4v) is 2.91. The van der Waals surface area contributed by atoms with E-state index in [0.29, 0.717) is 22.2 Å². The number of halogens is 1. The van der Waals surface area contributed by atoms with E-state index >= 15 is 0 Å². The monoisotopic (exact) mass is 343 g/mol. The summed E-state index contributed by atoms with van der Waals surface area (Å²) < 4.78 is 0. The molecule has 2 aromatic heterocycles. The Kier molecular flexibility index (Phi) is 4.49. The number of rotatable bonds is 4. The summed E-state index contributed by atoms with van der Waals surface area (Å²) in [5, 5.41) is 9.46. The SMILES string of the molecule is CCc1ccc([C@@H](C)n2ncc(-c3cc(=O)[nH]c(C)n3)n2)c(Cl)c1. The first-order chi connectivity index (χ1) is 11.5. The van der Waals surface area contributed by atoms with E-state index < -0.39 is 0 Å². The number of nitrogens with zero attached hydrogens (tertiary/aromatic N) is 4. The van der Waals surface area contributed by atoms with Gasteiger partial charge < -0.3 is 4.98 Å². The topological polar surface area (TPSA) is 76.5 Å². The zero-order valence-corrected chi connectivity index (χ0v) is 14.5. The number of aromatic nitrogens is 5. The Morgan fingerprint density at radius 1 is 1.29 bits per heavy atom. The van der Waals surface area contributed by atoms with Crippen LogP contribution in [0, 0.1) is 6.92 Å². The molecule has 6 nitrogen and oxygen atoms in total. The highest BCUT2D eigenvalue weighted by molar-refractivity contribution is 6.31. The summed E-state index contributed by atoms with van der Waals surface area (Å²) in [5.41, 5.74) is 2.98. The number of aromatic amines is 1. The molecule has 0 aliphatic rings. The molecule has 1 N–H and O–H groups in total. The van der Waals surface area contributed by atoms with Crippen LogP contribution >= 0.6 is 11.6 Å². The highest BCUT2D eigenvalue weighted by atomic mass is 35.5. The molecular formula is C17H18ClN5O.